The highest BCUT2D eigenvalue weighted by Gasteiger charge is 2.14. The zero-order chi connectivity index (χ0) is 21.9. The largest absolute Gasteiger partial charge is 0.489 e. The molecule has 0 N–H and O–H groups in total. The second kappa shape index (κ2) is 8.81. The van der Waals surface area contributed by atoms with Crippen molar-refractivity contribution in [3.8, 4) is 22.8 Å². The molecule has 1 heterocycles. The summed E-state index contributed by atoms with van der Waals surface area (Å²) < 4.78 is 8.52. The van der Waals surface area contributed by atoms with Crippen LogP contribution in [0, 0.1) is 0 Å². The average Bonchev–Trinajstić information content (AvgIpc) is 2.84. The van der Waals surface area contributed by atoms with Gasteiger partial charge in [0.2, 0.25) is 0 Å². The molecule has 0 aliphatic carbocycles. The summed E-state index contributed by atoms with van der Waals surface area (Å²) in [5.41, 5.74) is 3.28. The quantitative estimate of drug-likeness (QED) is 0.291. The van der Waals surface area contributed by atoms with E-state index in [4.69, 9.17) is 9.72 Å². The molecule has 0 amide bonds. The average molecular weight is 483 g/mol. The summed E-state index contributed by atoms with van der Waals surface area (Å²) in [7, 11) is 0. The molecule has 156 valence electrons. The fourth-order valence-electron chi connectivity index (χ4n) is 3.60. The first-order valence-electron chi connectivity index (χ1n) is 10.2. The van der Waals surface area contributed by atoms with Crippen molar-refractivity contribution in [2.75, 3.05) is 0 Å². The van der Waals surface area contributed by atoms with Gasteiger partial charge in [0.05, 0.1) is 16.6 Å². The van der Waals surface area contributed by atoms with Crippen LogP contribution in [0.1, 0.15) is 5.56 Å². The first kappa shape index (κ1) is 20.2. The lowest BCUT2D eigenvalue weighted by molar-refractivity contribution is 0.306. The van der Waals surface area contributed by atoms with Crippen molar-refractivity contribution in [1.82, 2.24) is 9.55 Å². The maximum absolute atomic E-state index is 13.4. The third kappa shape index (κ3) is 4.07. The van der Waals surface area contributed by atoms with Crippen LogP contribution in [0.15, 0.2) is 112 Å². The molecule has 5 heteroatoms. The fraction of sp³-hybridized carbons (Fsp3) is 0.0370. The van der Waals surface area contributed by atoms with E-state index in [0.717, 1.165) is 27.0 Å². The lowest BCUT2D eigenvalue weighted by Gasteiger charge is -2.14. The van der Waals surface area contributed by atoms with E-state index in [1.54, 1.807) is 4.57 Å². The molecule has 0 bridgehead atoms. The highest BCUT2D eigenvalue weighted by atomic mass is 79.9. The van der Waals surface area contributed by atoms with Gasteiger partial charge in [-0.05, 0) is 66.2 Å². The van der Waals surface area contributed by atoms with E-state index >= 15 is 0 Å². The topological polar surface area (TPSA) is 44.1 Å². The van der Waals surface area contributed by atoms with Gasteiger partial charge in [0.25, 0.3) is 5.56 Å². The molecule has 32 heavy (non-hydrogen) atoms. The molecule has 0 aliphatic heterocycles. The molecule has 0 fully saturated rings. The fourth-order valence-corrected chi connectivity index (χ4v) is 3.86. The molecule has 5 rings (SSSR count). The molecule has 0 spiro atoms. The Kier molecular flexibility index (Phi) is 5.57. The Hall–Kier alpha value is -3.70. The second-order valence-electron chi connectivity index (χ2n) is 7.37. The Morgan fingerprint density at radius 3 is 2.22 bits per heavy atom. The van der Waals surface area contributed by atoms with Crippen LogP contribution in [-0.2, 0) is 6.61 Å². The zero-order valence-electron chi connectivity index (χ0n) is 17.1. The highest BCUT2D eigenvalue weighted by molar-refractivity contribution is 9.10. The van der Waals surface area contributed by atoms with Crippen LogP contribution >= 0.6 is 15.9 Å². The highest BCUT2D eigenvalue weighted by Crippen LogP contribution is 2.25. The lowest BCUT2D eigenvalue weighted by Crippen LogP contribution is -2.21. The summed E-state index contributed by atoms with van der Waals surface area (Å²) in [6.07, 6.45) is 0. The molecule has 0 atom stereocenters. The molecule has 0 unspecified atom stereocenters. The molecule has 0 saturated heterocycles. The number of rotatable bonds is 5. The normalized spacial score (nSPS) is 10.9. The van der Waals surface area contributed by atoms with E-state index < -0.39 is 0 Å². The van der Waals surface area contributed by atoms with Crippen molar-refractivity contribution in [2.24, 2.45) is 0 Å². The Balaban J connectivity index is 1.56. The minimum Gasteiger partial charge on any atom is -0.489 e. The lowest BCUT2D eigenvalue weighted by atomic mass is 10.1. The van der Waals surface area contributed by atoms with Crippen LogP contribution in [0.4, 0.5) is 0 Å². The van der Waals surface area contributed by atoms with Crippen molar-refractivity contribution in [3.63, 3.8) is 0 Å². The van der Waals surface area contributed by atoms with Crippen molar-refractivity contribution < 1.29 is 4.74 Å². The van der Waals surface area contributed by atoms with E-state index in [0.29, 0.717) is 23.3 Å². The van der Waals surface area contributed by atoms with Gasteiger partial charge in [-0.3, -0.25) is 9.36 Å². The molecule has 1 aromatic heterocycles. The third-order valence-electron chi connectivity index (χ3n) is 5.22. The minimum atomic E-state index is -0.0997. The standard InChI is InChI=1S/C27H19BrN2O2/c28-21-12-14-22(15-13-21)30-26(29-25-9-5-4-8-24(25)27(30)31)20-10-16-23(17-11-20)32-18-19-6-2-1-3-7-19/h1-17H,18H2. The number of para-hydroxylation sites is 1. The van der Waals surface area contributed by atoms with Crippen LogP contribution in [0.3, 0.4) is 0 Å². The Labute approximate surface area is 193 Å². The van der Waals surface area contributed by atoms with Gasteiger partial charge in [-0.25, -0.2) is 4.98 Å². The summed E-state index contributed by atoms with van der Waals surface area (Å²) in [6.45, 7) is 0.498. The molecular weight excluding hydrogens is 464 g/mol. The molecule has 0 aliphatic rings. The van der Waals surface area contributed by atoms with Gasteiger partial charge < -0.3 is 4.74 Å². The monoisotopic (exact) mass is 482 g/mol. The number of fused-ring (bicyclic) bond motifs is 1. The number of benzene rings is 4. The van der Waals surface area contributed by atoms with Gasteiger partial charge in [0.1, 0.15) is 18.2 Å². The SMILES string of the molecule is O=c1c2ccccc2nc(-c2ccc(OCc3ccccc3)cc2)n1-c1ccc(Br)cc1. The number of nitrogens with zero attached hydrogens (tertiary/aromatic N) is 2. The van der Waals surface area contributed by atoms with E-state index in [2.05, 4.69) is 15.9 Å². The first-order valence-corrected chi connectivity index (χ1v) is 11.0. The van der Waals surface area contributed by atoms with Crippen molar-refractivity contribution in [3.05, 3.63) is 124 Å². The van der Waals surface area contributed by atoms with Gasteiger partial charge in [0, 0.05) is 10.0 Å². The maximum Gasteiger partial charge on any atom is 0.266 e. The number of ether oxygens (including phenoxy) is 1. The molecule has 0 saturated carbocycles. The number of halogens is 1. The molecule has 4 aromatic carbocycles. The van der Waals surface area contributed by atoms with Crippen LogP contribution in [0.5, 0.6) is 5.75 Å². The van der Waals surface area contributed by atoms with Crippen LogP contribution in [0.2, 0.25) is 0 Å². The van der Waals surface area contributed by atoms with E-state index in [9.17, 15) is 4.79 Å². The van der Waals surface area contributed by atoms with Crippen molar-refractivity contribution in [1.29, 1.82) is 0 Å². The van der Waals surface area contributed by atoms with Gasteiger partial charge in [-0.2, -0.15) is 0 Å². The van der Waals surface area contributed by atoms with Crippen molar-refractivity contribution >= 4 is 26.8 Å². The summed E-state index contributed by atoms with van der Waals surface area (Å²) >= 11 is 3.46. The summed E-state index contributed by atoms with van der Waals surface area (Å²) in [5.74, 6) is 1.35. The van der Waals surface area contributed by atoms with E-state index in [-0.39, 0.29) is 5.56 Å². The van der Waals surface area contributed by atoms with Crippen LogP contribution in [-0.4, -0.2) is 9.55 Å². The molecule has 5 aromatic rings. The Morgan fingerprint density at radius 2 is 1.47 bits per heavy atom. The second-order valence-corrected chi connectivity index (χ2v) is 8.28. The number of aromatic nitrogens is 2. The van der Waals surface area contributed by atoms with Gasteiger partial charge in [0.15, 0.2) is 0 Å². The van der Waals surface area contributed by atoms with E-state index in [1.165, 1.54) is 0 Å². The summed E-state index contributed by atoms with van der Waals surface area (Å²) in [5, 5.41) is 0.585. The van der Waals surface area contributed by atoms with E-state index in [1.807, 2.05) is 103 Å². The zero-order valence-corrected chi connectivity index (χ0v) is 18.7. The van der Waals surface area contributed by atoms with Gasteiger partial charge >= 0.3 is 0 Å². The predicted octanol–water partition coefficient (Wildman–Crippen LogP) is 6.39. The molecule has 0 radical (unpaired) electrons. The Morgan fingerprint density at radius 1 is 0.781 bits per heavy atom. The minimum absolute atomic E-state index is 0.0997. The third-order valence-corrected chi connectivity index (χ3v) is 5.75. The number of hydrogen-bond donors (Lipinski definition) is 0. The van der Waals surface area contributed by atoms with Crippen LogP contribution in [0.25, 0.3) is 28.0 Å². The Bertz CT molecular complexity index is 1430. The smallest absolute Gasteiger partial charge is 0.266 e. The van der Waals surface area contributed by atoms with Gasteiger partial charge in [-0.1, -0.05) is 58.4 Å². The summed E-state index contributed by atoms with van der Waals surface area (Å²) in [4.78, 5) is 18.3. The summed E-state index contributed by atoms with van der Waals surface area (Å²) in [6, 6.07) is 32.8. The predicted molar refractivity (Wildman–Crippen MR) is 131 cm³/mol. The maximum atomic E-state index is 13.4. The van der Waals surface area contributed by atoms with Crippen LogP contribution < -0.4 is 10.3 Å². The van der Waals surface area contributed by atoms with Crippen molar-refractivity contribution in [2.45, 2.75) is 6.61 Å². The first-order chi connectivity index (χ1) is 15.7. The molecular formula is C27H19BrN2O2. The number of hydrogen-bond acceptors (Lipinski definition) is 3. The van der Waals surface area contributed by atoms with Gasteiger partial charge in [-0.15, -0.1) is 0 Å². The molecule has 4 nitrogen and oxygen atoms in total.